The lowest BCUT2D eigenvalue weighted by Gasteiger charge is -2.22. The number of hydrogen-bond donors (Lipinski definition) is 1. The van der Waals surface area contributed by atoms with Gasteiger partial charge in [0.1, 0.15) is 5.15 Å². The molecule has 0 saturated carbocycles. The van der Waals surface area contributed by atoms with Crippen LogP contribution in [0.15, 0.2) is 12.1 Å². The van der Waals surface area contributed by atoms with Gasteiger partial charge in [-0.05, 0) is 31.9 Å². The van der Waals surface area contributed by atoms with Crippen LogP contribution in [0.4, 0.5) is 0 Å². The van der Waals surface area contributed by atoms with Gasteiger partial charge in [0, 0.05) is 31.4 Å². The molecule has 1 aromatic heterocycles. The molecule has 2 heterocycles. The van der Waals surface area contributed by atoms with Crippen LogP contribution < -0.4 is 5.32 Å². The van der Waals surface area contributed by atoms with E-state index >= 15 is 0 Å². The number of nitrogens with one attached hydrogen (secondary N) is 1. The van der Waals surface area contributed by atoms with E-state index in [1.54, 1.807) is 24.1 Å². The lowest BCUT2D eigenvalue weighted by atomic mass is 9.89. The molecule has 0 aromatic carbocycles. The Hall–Kier alpha value is -1.62. The molecule has 0 radical (unpaired) electrons. The number of halogens is 1. The summed E-state index contributed by atoms with van der Waals surface area (Å²) in [5.41, 5.74) is 0.807. The van der Waals surface area contributed by atoms with E-state index in [0.29, 0.717) is 30.2 Å². The highest BCUT2D eigenvalue weighted by atomic mass is 35.5. The smallest absolute Gasteiger partial charge is 0.254 e. The summed E-state index contributed by atoms with van der Waals surface area (Å²) in [6, 6.07) is 3.35. The minimum atomic E-state index is -0.519. The Morgan fingerprint density at radius 3 is 2.81 bits per heavy atom. The number of aromatic nitrogens is 1. The van der Waals surface area contributed by atoms with Crippen molar-refractivity contribution in [1.82, 2.24) is 15.2 Å². The molecule has 21 heavy (non-hydrogen) atoms. The molecule has 5 nitrogen and oxygen atoms in total. The van der Waals surface area contributed by atoms with Gasteiger partial charge in [-0.2, -0.15) is 0 Å². The van der Waals surface area contributed by atoms with E-state index in [1.807, 2.05) is 13.8 Å². The number of pyridine rings is 1. The molecular formula is C15H20ClN3O2. The summed E-state index contributed by atoms with van der Waals surface area (Å²) in [7, 11) is 1.62. The van der Waals surface area contributed by atoms with Crippen LogP contribution in [0.5, 0.6) is 0 Å². The molecule has 1 aliphatic heterocycles. The molecule has 1 unspecified atom stereocenters. The van der Waals surface area contributed by atoms with Crippen LogP contribution in [0.3, 0.4) is 0 Å². The summed E-state index contributed by atoms with van der Waals surface area (Å²) >= 11 is 5.96. The van der Waals surface area contributed by atoms with E-state index in [9.17, 15) is 9.59 Å². The van der Waals surface area contributed by atoms with Gasteiger partial charge in [0.25, 0.3) is 5.91 Å². The fraction of sp³-hybridized carbons (Fsp3) is 0.533. The third-order valence-corrected chi connectivity index (χ3v) is 4.19. The van der Waals surface area contributed by atoms with Gasteiger partial charge in [0.2, 0.25) is 5.91 Å². The Balaban J connectivity index is 2.19. The van der Waals surface area contributed by atoms with Crippen molar-refractivity contribution in [3.8, 4) is 0 Å². The number of hydrogen-bond acceptors (Lipinski definition) is 3. The Bertz CT molecular complexity index is 576. The second-order valence-corrected chi connectivity index (χ2v) is 6.03. The molecule has 6 heteroatoms. The fourth-order valence-electron chi connectivity index (χ4n) is 2.66. The number of likely N-dealkylation sites (tertiary alicyclic amines) is 1. The third kappa shape index (κ3) is 3.18. The highest BCUT2D eigenvalue weighted by Crippen LogP contribution is 2.31. The molecule has 1 aliphatic rings. The zero-order valence-electron chi connectivity index (χ0n) is 12.6. The summed E-state index contributed by atoms with van der Waals surface area (Å²) < 4.78 is 0. The Labute approximate surface area is 129 Å². The average molecular weight is 310 g/mol. The van der Waals surface area contributed by atoms with Crippen molar-refractivity contribution in [1.29, 1.82) is 0 Å². The van der Waals surface area contributed by atoms with E-state index in [0.717, 1.165) is 12.1 Å². The first kappa shape index (κ1) is 15.8. The molecule has 114 valence electrons. The quantitative estimate of drug-likeness (QED) is 0.867. The summed E-state index contributed by atoms with van der Waals surface area (Å²) in [6.07, 6.45) is 1.38. The van der Waals surface area contributed by atoms with Crippen molar-refractivity contribution in [3.05, 3.63) is 28.5 Å². The number of amides is 2. The van der Waals surface area contributed by atoms with Crippen LogP contribution in [0.25, 0.3) is 0 Å². The third-order valence-electron chi connectivity index (χ3n) is 3.99. The summed E-state index contributed by atoms with van der Waals surface area (Å²) in [4.78, 5) is 30.4. The molecule has 1 N–H and O–H groups in total. The lowest BCUT2D eigenvalue weighted by molar-refractivity contribution is -0.128. The maximum Gasteiger partial charge on any atom is 0.254 e. The summed E-state index contributed by atoms with van der Waals surface area (Å²) in [5.74, 6) is -0.124. The first-order chi connectivity index (χ1) is 9.89. The minimum absolute atomic E-state index is 0.0280. The highest BCUT2D eigenvalue weighted by molar-refractivity contribution is 6.29. The summed E-state index contributed by atoms with van der Waals surface area (Å²) in [6.45, 7) is 4.85. The molecule has 1 atom stereocenters. The first-order valence-corrected chi connectivity index (χ1v) is 7.45. The minimum Gasteiger partial charge on any atom is -0.359 e. The molecule has 0 bridgehead atoms. The maximum atomic E-state index is 12.6. The Morgan fingerprint density at radius 2 is 2.19 bits per heavy atom. The van der Waals surface area contributed by atoms with Crippen molar-refractivity contribution >= 4 is 23.4 Å². The molecule has 1 aromatic rings. The van der Waals surface area contributed by atoms with E-state index < -0.39 is 5.41 Å². The van der Waals surface area contributed by atoms with Crippen LogP contribution in [0.1, 0.15) is 36.3 Å². The second kappa shape index (κ2) is 6.02. The van der Waals surface area contributed by atoms with Gasteiger partial charge in [0.05, 0.1) is 5.41 Å². The first-order valence-electron chi connectivity index (χ1n) is 7.07. The van der Waals surface area contributed by atoms with Gasteiger partial charge in [-0.3, -0.25) is 9.59 Å². The van der Waals surface area contributed by atoms with Crippen molar-refractivity contribution in [2.75, 3.05) is 20.1 Å². The van der Waals surface area contributed by atoms with E-state index in [4.69, 9.17) is 11.6 Å². The van der Waals surface area contributed by atoms with Crippen molar-refractivity contribution in [3.63, 3.8) is 0 Å². The van der Waals surface area contributed by atoms with Gasteiger partial charge >= 0.3 is 0 Å². The standard InChI is InChI=1S/C15H20ClN3O2/c1-4-11-7-10(8-12(16)18-11)13(20)19-6-5-15(2,9-19)14(21)17-3/h7-8H,4-6,9H2,1-3H3,(H,17,21). The SMILES string of the molecule is CCc1cc(C(=O)N2CCC(C)(C(=O)NC)C2)cc(Cl)n1. The van der Waals surface area contributed by atoms with Gasteiger partial charge in [0.15, 0.2) is 0 Å². The molecule has 1 fully saturated rings. The van der Waals surface area contributed by atoms with Crippen molar-refractivity contribution in [2.45, 2.75) is 26.7 Å². The maximum absolute atomic E-state index is 12.6. The van der Waals surface area contributed by atoms with E-state index in [1.165, 1.54) is 0 Å². The van der Waals surface area contributed by atoms with Crippen molar-refractivity contribution < 1.29 is 9.59 Å². The fourth-order valence-corrected chi connectivity index (χ4v) is 2.89. The van der Waals surface area contributed by atoms with Gasteiger partial charge < -0.3 is 10.2 Å². The number of carbonyl (C=O) groups is 2. The van der Waals surface area contributed by atoms with Crippen LogP contribution >= 0.6 is 11.6 Å². The lowest BCUT2D eigenvalue weighted by Crippen LogP contribution is -2.40. The number of rotatable bonds is 3. The zero-order valence-corrected chi connectivity index (χ0v) is 13.3. The predicted molar refractivity (Wildman–Crippen MR) is 81.3 cm³/mol. The average Bonchev–Trinajstić information content (AvgIpc) is 2.88. The van der Waals surface area contributed by atoms with E-state index in [-0.39, 0.29) is 11.8 Å². The van der Waals surface area contributed by atoms with Crippen LogP contribution in [0, 0.1) is 5.41 Å². The highest BCUT2D eigenvalue weighted by Gasteiger charge is 2.41. The normalized spacial score (nSPS) is 21.4. The number of aryl methyl sites for hydroxylation is 1. The molecular weight excluding hydrogens is 290 g/mol. The topological polar surface area (TPSA) is 62.3 Å². The van der Waals surface area contributed by atoms with Crippen LogP contribution in [-0.2, 0) is 11.2 Å². The Kier molecular flexibility index (Phi) is 4.52. The predicted octanol–water partition coefficient (Wildman–Crippen LogP) is 1.90. The van der Waals surface area contributed by atoms with Gasteiger partial charge in [-0.15, -0.1) is 0 Å². The molecule has 0 spiro atoms. The number of nitrogens with zero attached hydrogens (tertiary/aromatic N) is 2. The zero-order chi connectivity index (χ0) is 15.6. The van der Waals surface area contributed by atoms with Gasteiger partial charge in [-0.25, -0.2) is 4.98 Å². The number of carbonyl (C=O) groups excluding carboxylic acids is 2. The van der Waals surface area contributed by atoms with Crippen molar-refractivity contribution in [2.24, 2.45) is 5.41 Å². The van der Waals surface area contributed by atoms with Gasteiger partial charge in [-0.1, -0.05) is 18.5 Å². The molecule has 1 saturated heterocycles. The molecule has 0 aliphatic carbocycles. The second-order valence-electron chi connectivity index (χ2n) is 5.64. The monoisotopic (exact) mass is 309 g/mol. The summed E-state index contributed by atoms with van der Waals surface area (Å²) in [5, 5.41) is 2.99. The molecule has 2 amide bonds. The Morgan fingerprint density at radius 1 is 1.48 bits per heavy atom. The molecule has 2 rings (SSSR count). The van der Waals surface area contributed by atoms with E-state index in [2.05, 4.69) is 10.3 Å². The van der Waals surface area contributed by atoms with Crippen LogP contribution in [0.2, 0.25) is 5.15 Å². The largest absolute Gasteiger partial charge is 0.359 e. The van der Waals surface area contributed by atoms with Crippen LogP contribution in [-0.4, -0.2) is 41.8 Å².